The third-order valence-electron chi connectivity index (χ3n) is 3.01. The van der Waals surface area contributed by atoms with Gasteiger partial charge in [-0.15, -0.1) is 0 Å². The van der Waals surface area contributed by atoms with Crippen molar-refractivity contribution in [1.29, 1.82) is 0 Å². The summed E-state index contributed by atoms with van der Waals surface area (Å²) in [6.07, 6.45) is 1.08. The van der Waals surface area contributed by atoms with E-state index in [2.05, 4.69) is 30.7 Å². The molecule has 17 heavy (non-hydrogen) atoms. The SMILES string of the molecule is CCC(C)N(CC)Cc1cccc(C(=O)O)n1. The van der Waals surface area contributed by atoms with Crippen LogP contribution in [0.2, 0.25) is 0 Å². The minimum absolute atomic E-state index is 0.114. The number of carbonyl (C=O) groups is 1. The molecule has 1 N–H and O–H groups in total. The summed E-state index contributed by atoms with van der Waals surface area (Å²) in [7, 11) is 0. The van der Waals surface area contributed by atoms with E-state index in [1.54, 1.807) is 6.07 Å². The summed E-state index contributed by atoms with van der Waals surface area (Å²) in [5.74, 6) is -0.974. The van der Waals surface area contributed by atoms with Crippen molar-refractivity contribution in [3.63, 3.8) is 0 Å². The predicted octanol–water partition coefficient (Wildman–Crippen LogP) is 2.40. The van der Waals surface area contributed by atoms with Gasteiger partial charge in [0.25, 0.3) is 0 Å². The zero-order valence-corrected chi connectivity index (χ0v) is 10.7. The average molecular weight is 236 g/mol. The third-order valence-corrected chi connectivity index (χ3v) is 3.01. The van der Waals surface area contributed by atoms with E-state index >= 15 is 0 Å². The number of aromatic carboxylic acids is 1. The molecule has 0 aliphatic carbocycles. The summed E-state index contributed by atoms with van der Waals surface area (Å²) in [6, 6.07) is 5.62. The predicted molar refractivity (Wildman–Crippen MR) is 67.0 cm³/mol. The van der Waals surface area contributed by atoms with Gasteiger partial charge in [-0.2, -0.15) is 0 Å². The van der Waals surface area contributed by atoms with Crippen molar-refractivity contribution in [1.82, 2.24) is 9.88 Å². The van der Waals surface area contributed by atoms with Crippen molar-refractivity contribution in [2.24, 2.45) is 0 Å². The van der Waals surface area contributed by atoms with Crippen molar-refractivity contribution in [2.75, 3.05) is 6.54 Å². The standard InChI is InChI=1S/C13H20N2O2/c1-4-10(3)15(5-2)9-11-7-6-8-12(14-11)13(16)17/h6-8,10H,4-5,9H2,1-3H3,(H,16,17). The lowest BCUT2D eigenvalue weighted by Crippen LogP contribution is -2.32. The molecular formula is C13H20N2O2. The zero-order chi connectivity index (χ0) is 12.8. The summed E-state index contributed by atoms with van der Waals surface area (Å²) in [4.78, 5) is 17.2. The molecule has 4 heteroatoms. The van der Waals surface area contributed by atoms with Gasteiger partial charge in [0, 0.05) is 12.6 Å². The van der Waals surface area contributed by atoms with Gasteiger partial charge in [-0.05, 0) is 32.0 Å². The number of pyridine rings is 1. The number of hydrogen-bond acceptors (Lipinski definition) is 3. The second-order valence-corrected chi connectivity index (χ2v) is 4.14. The van der Waals surface area contributed by atoms with Crippen LogP contribution in [0.25, 0.3) is 0 Å². The summed E-state index contributed by atoms with van der Waals surface area (Å²) in [5.41, 5.74) is 0.926. The minimum atomic E-state index is -0.974. The van der Waals surface area contributed by atoms with Crippen LogP contribution in [-0.4, -0.2) is 33.5 Å². The average Bonchev–Trinajstić information content (AvgIpc) is 2.35. The lowest BCUT2D eigenvalue weighted by atomic mass is 10.2. The molecule has 1 atom stereocenters. The molecule has 94 valence electrons. The van der Waals surface area contributed by atoms with Gasteiger partial charge in [0.05, 0.1) is 5.69 Å². The molecule has 0 spiro atoms. The third kappa shape index (κ3) is 3.82. The lowest BCUT2D eigenvalue weighted by Gasteiger charge is -2.26. The van der Waals surface area contributed by atoms with E-state index in [0.29, 0.717) is 12.6 Å². The number of carboxylic acids is 1. The van der Waals surface area contributed by atoms with Crippen LogP contribution in [0.4, 0.5) is 0 Å². The number of carboxylic acid groups (broad SMARTS) is 1. The van der Waals surface area contributed by atoms with Gasteiger partial charge >= 0.3 is 5.97 Å². The fourth-order valence-corrected chi connectivity index (χ4v) is 1.73. The van der Waals surface area contributed by atoms with Crippen molar-refractivity contribution in [3.05, 3.63) is 29.6 Å². The highest BCUT2D eigenvalue weighted by Gasteiger charge is 2.12. The maximum absolute atomic E-state index is 10.8. The van der Waals surface area contributed by atoms with E-state index in [1.807, 2.05) is 6.07 Å². The maximum Gasteiger partial charge on any atom is 0.354 e. The second kappa shape index (κ2) is 6.35. The van der Waals surface area contributed by atoms with E-state index in [9.17, 15) is 4.79 Å². The molecule has 1 rings (SSSR count). The Morgan fingerprint density at radius 1 is 1.47 bits per heavy atom. The van der Waals surface area contributed by atoms with Crippen molar-refractivity contribution < 1.29 is 9.90 Å². The normalized spacial score (nSPS) is 12.7. The Hall–Kier alpha value is -1.42. The monoisotopic (exact) mass is 236 g/mol. The Bertz CT molecular complexity index is 379. The van der Waals surface area contributed by atoms with Crippen molar-refractivity contribution in [2.45, 2.75) is 39.8 Å². The number of hydrogen-bond donors (Lipinski definition) is 1. The summed E-state index contributed by atoms with van der Waals surface area (Å²) >= 11 is 0. The van der Waals surface area contributed by atoms with Crippen LogP contribution in [0.5, 0.6) is 0 Å². The first kappa shape index (κ1) is 13.6. The number of nitrogens with zero attached hydrogens (tertiary/aromatic N) is 2. The molecular weight excluding hydrogens is 216 g/mol. The maximum atomic E-state index is 10.8. The quantitative estimate of drug-likeness (QED) is 0.824. The molecule has 0 amide bonds. The van der Waals surface area contributed by atoms with Crippen LogP contribution in [0.15, 0.2) is 18.2 Å². The van der Waals surface area contributed by atoms with Crippen LogP contribution in [0, 0.1) is 0 Å². The minimum Gasteiger partial charge on any atom is -0.477 e. The summed E-state index contributed by atoms with van der Waals surface area (Å²) < 4.78 is 0. The first-order chi connectivity index (χ1) is 8.08. The fourth-order valence-electron chi connectivity index (χ4n) is 1.73. The highest BCUT2D eigenvalue weighted by molar-refractivity contribution is 5.85. The molecule has 0 fully saturated rings. The summed E-state index contributed by atoms with van der Waals surface area (Å²) in [5, 5.41) is 8.88. The van der Waals surface area contributed by atoms with E-state index in [4.69, 9.17) is 5.11 Å². The van der Waals surface area contributed by atoms with E-state index in [0.717, 1.165) is 18.7 Å². The van der Waals surface area contributed by atoms with Crippen molar-refractivity contribution in [3.8, 4) is 0 Å². The molecule has 0 aliphatic rings. The van der Waals surface area contributed by atoms with E-state index in [1.165, 1.54) is 6.07 Å². The largest absolute Gasteiger partial charge is 0.477 e. The molecule has 0 saturated heterocycles. The molecule has 1 aromatic rings. The topological polar surface area (TPSA) is 53.4 Å². The molecule has 4 nitrogen and oxygen atoms in total. The molecule has 1 heterocycles. The molecule has 1 unspecified atom stereocenters. The Morgan fingerprint density at radius 3 is 2.71 bits per heavy atom. The van der Waals surface area contributed by atoms with Gasteiger partial charge in [-0.3, -0.25) is 4.90 Å². The Morgan fingerprint density at radius 2 is 2.18 bits per heavy atom. The first-order valence-electron chi connectivity index (χ1n) is 6.01. The zero-order valence-electron chi connectivity index (χ0n) is 10.7. The molecule has 0 saturated carbocycles. The van der Waals surface area contributed by atoms with Crippen LogP contribution < -0.4 is 0 Å². The van der Waals surface area contributed by atoms with Gasteiger partial charge in [0.2, 0.25) is 0 Å². The van der Waals surface area contributed by atoms with Gasteiger partial charge < -0.3 is 5.11 Å². The van der Waals surface area contributed by atoms with Crippen LogP contribution in [-0.2, 0) is 6.54 Å². The highest BCUT2D eigenvalue weighted by Crippen LogP contribution is 2.09. The van der Waals surface area contributed by atoms with Gasteiger partial charge in [-0.25, -0.2) is 9.78 Å². The number of aromatic nitrogens is 1. The Labute approximate surface area is 102 Å². The van der Waals surface area contributed by atoms with Crippen LogP contribution >= 0.6 is 0 Å². The van der Waals surface area contributed by atoms with Crippen LogP contribution in [0.1, 0.15) is 43.4 Å². The second-order valence-electron chi connectivity index (χ2n) is 4.14. The van der Waals surface area contributed by atoms with E-state index < -0.39 is 5.97 Å². The Kier molecular flexibility index (Phi) is 5.10. The summed E-state index contributed by atoms with van der Waals surface area (Å²) in [6.45, 7) is 8.06. The Balaban J connectivity index is 2.79. The van der Waals surface area contributed by atoms with Gasteiger partial charge in [-0.1, -0.05) is 19.9 Å². The molecule has 1 aromatic heterocycles. The first-order valence-corrected chi connectivity index (χ1v) is 6.01. The molecule has 0 aliphatic heterocycles. The van der Waals surface area contributed by atoms with Gasteiger partial charge in [0.1, 0.15) is 5.69 Å². The fraction of sp³-hybridized carbons (Fsp3) is 0.538. The molecule has 0 radical (unpaired) electrons. The van der Waals surface area contributed by atoms with E-state index in [-0.39, 0.29) is 5.69 Å². The van der Waals surface area contributed by atoms with Crippen molar-refractivity contribution >= 4 is 5.97 Å². The highest BCUT2D eigenvalue weighted by atomic mass is 16.4. The smallest absolute Gasteiger partial charge is 0.354 e. The van der Waals surface area contributed by atoms with Crippen LogP contribution in [0.3, 0.4) is 0 Å². The lowest BCUT2D eigenvalue weighted by molar-refractivity contribution is 0.0690. The molecule has 0 bridgehead atoms. The number of rotatable bonds is 6. The molecule has 0 aromatic carbocycles. The van der Waals surface area contributed by atoms with Gasteiger partial charge in [0.15, 0.2) is 0 Å².